The second-order valence-corrected chi connectivity index (χ2v) is 6.10. The molecule has 5 heteroatoms. The van der Waals surface area contributed by atoms with E-state index in [0.29, 0.717) is 6.04 Å². The number of benzene rings is 1. The second-order valence-electron chi connectivity index (χ2n) is 6.10. The lowest BCUT2D eigenvalue weighted by atomic mass is 9.79. The molecule has 3 rings (SSSR count). The van der Waals surface area contributed by atoms with E-state index < -0.39 is 12.9 Å². The maximum absolute atomic E-state index is 13.5. The summed E-state index contributed by atoms with van der Waals surface area (Å²) in [4.78, 5) is 2.48. The Kier molecular flexibility index (Phi) is 4.10. The highest BCUT2D eigenvalue weighted by Crippen LogP contribution is 2.36. The van der Waals surface area contributed by atoms with Gasteiger partial charge in [0.2, 0.25) is 0 Å². The van der Waals surface area contributed by atoms with Gasteiger partial charge >= 0.3 is 7.12 Å². The molecule has 1 aromatic rings. The number of hydrogen-bond acceptors (Lipinski definition) is 3. The molecule has 2 aliphatic rings. The van der Waals surface area contributed by atoms with E-state index in [9.17, 15) is 14.4 Å². The normalized spacial score (nSPS) is 26.6. The minimum Gasteiger partial charge on any atom is -0.423 e. The van der Waals surface area contributed by atoms with E-state index in [1.165, 1.54) is 38.2 Å². The monoisotopic (exact) mass is 277 g/mol. The molecule has 108 valence electrons. The Morgan fingerprint density at radius 2 is 2.00 bits per heavy atom. The van der Waals surface area contributed by atoms with Crippen molar-refractivity contribution < 1.29 is 14.4 Å². The number of hydrogen-bond donors (Lipinski definition) is 2. The molecule has 1 aliphatic heterocycles. The van der Waals surface area contributed by atoms with Crippen molar-refractivity contribution in [3.05, 3.63) is 29.6 Å². The molecule has 3 nitrogen and oxygen atoms in total. The lowest BCUT2D eigenvalue weighted by molar-refractivity contribution is 0.176. The summed E-state index contributed by atoms with van der Waals surface area (Å²) in [5, 5.41) is 18.4. The third-order valence-electron chi connectivity index (χ3n) is 4.85. The van der Waals surface area contributed by atoms with Crippen molar-refractivity contribution in [1.29, 1.82) is 0 Å². The van der Waals surface area contributed by atoms with Crippen LogP contribution in [0.1, 0.15) is 37.7 Å². The average molecular weight is 277 g/mol. The Hall–Kier alpha value is -0.905. The third-order valence-corrected chi connectivity index (χ3v) is 4.85. The highest BCUT2D eigenvalue weighted by molar-refractivity contribution is 6.58. The van der Waals surface area contributed by atoms with Gasteiger partial charge in [0.05, 0.1) is 0 Å². The summed E-state index contributed by atoms with van der Waals surface area (Å²) in [6, 6.07) is 5.32. The Morgan fingerprint density at radius 1 is 1.20 bits per heavy atom. The Morgan fingerprint density at radius 3 is 2.80 bits per heavy atom. The highest BCUT2D eigenvalue weighted by atomic mass is 19.1. The smallest absolute Gasteiger partial charge is 0.423 e. The molecular weight excluding hydrogens is 256 g/mol. The summed E-state index contributed by atoms with van der Waals surface area (Å²) in [6.07, 6.45) is 6.53. The summed E-state index contributed by atoms with van der Waals surface area (Å²) in [6.45, 7) is 1.88. The van der Waals surface area contributed by atoms with E-state index in [0.717, 1.165) is 24.6 Å². The summed E-state index contributed by atoms with van der Waals surface area (Å²) >= 11 is 0. The summed E-state index contributed by atoms with van der Waals surface area (Å²) < 4.78 is 13.5. The van der Waals surface area contributed by atoms with Crippen molar-refractivity contribution in [3.63, 3.8) is 0 Å². The number of fused-ring (bicyclic) bond motifs is 1. The van der Waals surface area contributed by atoms with Crippen molar-refractivity contribution in [1.82, 2.24) is 4.90 Å². The van der Waals surface area contributed by atoms with Crippen LogP contribution in [0, 0.1) is 11.7 Å². The van der Waals surface area contributed by atoms with Gasteiger partial charge < -0.3 is 10.0 Å². The molecule has 0 aromatic heterocycles. The predicted octanol–water partition coefficient (Wildman–Crippen LogP) is 1.27. The van der Waals surface area contributed by atoms with E-state index in [4.69, 9.17) is 0 Å². The molecule has 0 spiro atoms. The molecule has 0 radical (unpaired) electrons. The van der Waals surface area contributed by atoms with Crippen LogP contribution < -0.4 is 5.46 Å². The van der Waals surface area contributed by atoms with E-state index in [1.54, 1.807) is 12.1 Å². The van der Waals surface area contributed by atoms with Crippen molar-refractivity contribution in [2.75, 3.05) is 6.54 Å². The molecule has 1 saturated heterocycles. The van der Waals surface area contributed by atoms with Gasteiger partial charge in [0, 0.05) is 18.0 Å². The van der Waals surface area contributed by atoms with Crippen LogP contribution >= 0.6 is 0 Å². The van der Waals surface area contributed by atoms with Crippen LogP contribution in [-0.2, 0) is 6.54 Å². The second kappa shape index (κ2) is 5.84. The lowest BCUT2D eigenvalue weighted by Gasteiger charge is -2.31. The molecule has 1 heterocycles. The molecular formula is C15H21BFNO2. The van der Waals surface area contributed by atoms with Gasteiger partial charge in [-0.3, -0.25) is 4.90 Å². The summed E-state index contributed by atoms with van der Waals surface area (Å²) in [5.74, 6) is 0.271. The maximum Gasteiger partial charge on any atom is 0.491 e. The van der Waals surface area contributed by atoms with Gasteiger partial charge in [0.25, 0.3) is 0 Å². The Labute approximate surface area is 119 Å². The Balaban J connectivity index is 1.73. The number of halogens is 1. The number of likely N-dealkylation sites (tertiary alicyclic amines) is 1. The number of nitrogens with zero attached hydrogens (tertiary/aromatic N) is 1. The van der Waals surface area contributed by atoms with Gasteiger partial charge in [-0.05, 0) is 43.4 Å². The van der Waals surface area contributed by atoms with Crippen LogP contribution in [0.5, 0.6) is 0 Å². The van der Waals surface area contributed by atoms with Crippen molar-refractivity contribution in [3.8, 4) is 0 Å². The van der Waals surface area contributed by atoms with Gasteiger partial charge in [-0.25, -0.2) is 4.39 Å². The zero-order valence-corrected chi connectivity index (χ0v) is 11.6. The van der Waals surface area contributed by atoms with Crippen molar-refractivity contribution in [2.24, 2.45) is 5.92 Å². The van der Waals surface area contributed by atoms with Crippen molar-refractivity contribution in [2.45, 2.75) is 44.7 Å². The fourth-order valence-electron chi connectivity index (χ4n) is 3.82. The van der Waals surface area contributed by atoms with Gasteiger partial charge in [-0.2, -0.15) is 0 Å². The quantitative estimate of drug-likeness (QED) is 0.818. The van der Waals surface area contributed by atoms with Crippen LogP contribution in [0.15, 0.2) is 18.2 Å². The first-order chi connectivity index (χ1) is 9.65. The third kappa shape index (κ3) is 2.75. The lowest BCUT2D eigenvalue weighted by Crippen LogP contribution is -2.36. The number of rotatable bonds is 3. The zero-order valence-electron chi connectivity index (χ0n) is 11.6. The molecule has 2 unspecified atom stereocenters. The molecule has 0 bridgehead atoms. The highest BCUT2D eigenvalue weighted by Gasteiger charge is 2.35. The van der Waals surface area contributed by atoms with E-state index in [2.05, 4.69) is 4.90 Å². The summed E-state index contributed by atoms with van der Waals surface area (Å²) in [7, 11) is -1.74. The maximum atomic E-state index is 13.5. The summed E-state index contributed by atoms with van der Waals surface area (Å²) in [5.41, 5.74) is 0.933. The molecule has 2 fully saturated rings. The van der Waals surface area contributed by atoms with Gasteiger partial charge in [-0.15, -0.1) is 0 Å². The molecule has 20 heavy (non-hydrogen) atoms. The van der Waals surface area contributed by atoms with Gasteiger partial charge in [0.15, 0.2) is 0 Å². The molecule has 2 N–H and O–H groups in total. The SMILES string of the molecule is OB(O)c1cc(CN2CCC3CCCCC32)ccc1F. The molecule has 1 aliphatic carbocycles. The van der Waals surface area contributed by atoms with Crippen LogP contribution in [0.25, 0.3) is 0 Å². The van der Waals surface area contributed by atoms with Crippen molar-refractivity contribution >= 4 is 12.6 Å². The first kappa shape index (κ1) is 14.0. The molecule has 2 atom stereocenters. The Bertz CT molecular complexity index is 483. The zero-order chi connectivity index (χ0) is 14.1. The average Bonchev–Trinajstić information content (AvgIpc) is 2.84. The predicted molar refractivity (Wildman–Crippen MR) is 77.0 cm³/mol. The van der Waals surface area contributed by atoms with Gasteiger partial charge in [-0.1, -0.05) is 25.0 Å². The van der Waals surface area contributed by atoms with E-state index in [-0.39, 0.29) is 5.46 Å². The van der Waals surface area contributed by atoms with Crippen LogP contribution in [-0.4, -0.2) is 34.7 Å². The van der Waals surface area contributed by atoms with Gasteiger partial charge in [0.1, 0.15) is 5.82 Å². The fraction of sp³-hybridized carbons (Fsp3) is 0.600. The van der Waals surface area contributed by atoms with Crippen LogP contribution in [0.2, 0.25) is 0 Å². The standard InChI is InChI=1S/C15H21BFNO2/c17-14-6-5-11(9-13(14)16(19)20)10-18-8-7-12-3-1-2-4-15(12)18/h5-6,9,12,15,19-20H,1-4,7-8,10H2. The minimum atomic E-state index is -1.74. The van der Waals surface area contributed by atoms with Crippen LogP contribution in [0.4, 0.5) is 4.39 Å². The van der Waals surface area contributed by atoms with Crippen LogP contribution in [0.3, 0.4) is 0 Å². The van der Waals surface area contributed by atoms with E-state index >= 15 is 0 Å². The minimum absolute atomic E-state index is 0.0260. The first-order valence-electron chi connectivity index (χ1n) is 7.53. The molecule has 1 saturated carbocycles. The topological polar surface area (TPSA) is 43.7 Å². The first-order valence-corrected chi connectivity index (χ1v) is 7.53. The molecule has 0 amide bonds. The fourth-order valence-corrected chi connectivity index (χ4v) is 3.82. The largest absolute Gasteiger partial charge is 0.491 e. The molecule has 1 aromatic carbocycles. The van der Waals surface area contributed by atoms with E-state index in [1.807, 2.05) is 0 Å².